The predicted molar refractivity (Wildman–Crippen MR) is 442 cm³/mol. The Kier molecular flexibility index (Phi) is 53.6. The molecule has 0 radical (unpaired) electrons. The van der Waals surface area contributed by atoms with Crippen molar-refractivity contribution in [2.45, 2.75) is 201 Å². The summed E-state index contributed by atoms with van der Waals surface area (Å²) in [5.41, 5.74) is 19.7. The van der Waals surface area contributed by atoms with Crippen LogP contribution in [0.1, 0.15) is 169 Å². The molecule has 0 fully saturated rings. The number of H-pyrrole nitrogens is 1. The first-order valence-electron chi connectivity index (χ1n) is 34.2. The van der Waals surface area contributed by atoms with E-state index >= 15 is 0 Å². The molecule has 0 saturated carbocycles. The van der Waals surface area contributed by atoms with Crippen LogP contribution < -0.4 is 64.7 Å². The summed E-state index contributed by atoms with van der Waals surface area (Å²) in [4.78, 5) is 65.0. The Labute approximate surface area is 699 Å². The quantitative estimate of drug-likeness (QED) is 0.00544. The molecule has 8 aromatic heterocycles. The third kappa shape index (κ3) is 50.0. The summed E-state index contributed by atoms with van der Waals surface area (Å²) in [7, 11) is 0. The van der Waals surface area contributed by atoms with Gasteiger partial charge in [-0.25, -0.2) is 54.1 Å². The number of halogens is 2. The van der Waals surface area contributed by atoms with Crippen molar-refractivity contribution >= 4 is 92.6 Å². The molecule has 0 aliphatic rings. The number of hydrogen-bond donors (Lipinski definition) is 5. The number of rotatable bonds is 20. The van der Waals surface area contributed by atoms with Crippen molar-refractivity contribution in [3.8, 4) is 64.3 Å². The Hall–Kier alpha value is -8.90. The van der Waals surface area contributed by atoms with E-state index in [1.165, 1.54) is 53.5 Å². The van der Waals surface area contributed by atoms with Gasteiger partial charge in [-0.3, -0.25) is 10.5 Å². The van der Waals surface area contributed by atoms with Gasteiger partial charge in [-0.1, -0.05) is 46.4 Å². The fourth-order valence-electron chi connectivity index (χ4n) is 7.67. The number of nitriles is 2. The maximum Gasteiger partial charge on any atom is 1.00 e. The average molecular weight is 1700 g/mol. The van der Waals surface area contributed by atoms with E-state index in [1.807, 2.05) is 189 Å². The van der Waals surface area contributed by atoms with Crippen LogP contribution in [0.5, 0.6) is 29.4 Å². The minimum atomic E-state index is -0.422. The molecule has 0 aliphatic carbocycles. The minimum Gasteiger partial charge on any atom is -1.00 e. The number of hydrogen-bond acceptors (Lipinski definition) is 27. The SMILES string of the molecule is CC(C)O.CC(C)OC(=O)/C=C\I.CSC(=N)c1cc(C)nc(OC(C)C)c1.Cc1cc(-c2ncn(/C=C\C(=O)OC(C)C)n2)cc(OC(C)C)n1.Cc1cc(-c2ncn[nH]2)cc(OC(C)C)n1.Cc1cc(C#N)cc(Cl)n1.Cc1cc(C#N)cc(OC(C)C)n1.Cc1cc(C(N)=S)cc(OC(C)C)n1.NCC=O.[H-].[Na+]. The summed E-state index contributed by atoms with van der Waals surface area (Å²) in [5.74, 6) is 3.38. The van der Waals surface area contributed by atoms with Gasteiger partial charge in [0, 0.05) is 118 Å². The molecule has 0 spiro atoms. The molecule has 592 valence electrons. The van der Waals surface area contributed by atoms with Gasteiger partial charge in [-0.2, -0.15) is 15.6 Å². The van der Waals surface area contributed by atoms with E-state index in [0.29, 0.717) is 67.8 Å². The van der Waals surface area contributed by atoms with Crippen molar-refractivity contribution in [3.05, 3.63) is 163 Å². The predicted octanol–water partition coefficient (Wildman–Crippen LogP) is 12.0. The number of thiocarbonyl (C=S) groups is 1. The number of aryl methyl sites for hydroxylation is 6. The van der Waals surface area contributed by atoms with Crippen LogP contribution in [0.15, 0.2) is 102 Å². The van der Waals surface area contributed by atoms with Gasteiger partial charge in [0.15, 0.2) is 11.6 Å². The molecule has 0 unspecified atom stereocenters. The van der Waals surface area contributed by atoms with Crippen molar-refractivity contribution in [1.29, 1.82) is 15.9 Å². The molecule has 0 aromatic carbocycles. The van der Waals surface area contributed by atoms with E-state index in [0.717, 1.165) is 62.2 Å². The Bertz CT molecular complexity index is 4210. The Balaban J connectivity index is -0.00000122. The monoisotopic (exact) mass is 1690 g/mol. The van der Waals surface area contributed by atoms with Crippen molar-refractivity contribution in [2.24, 2.45) is 11.5 Å². The molecule has 0 atom stereocenters. The van der Waals surface area contributed by atoms with E-state index in [4.69, 9.17) is 88.5 Å². The summed E-state index contributed by atoms with van der Waals surface area (Å²) < 4.78 is 40.4. The van der Waals surface area contributed by atoms with E-state index in [9.17, 15) is 9.59 Å². The van der Waals surface area contributed by atoms with Crippen LogP contribution in [-0.2, 0) is 23.9 Å². The number of aliphatic hydroxyl groups excluding tert-OH is 1. The molecular formula is C77H106ClIN17NaO11S2. The first-order chi connectivity index (χ1) is 51.1. The standard InChI is InChI=1S/C17H22N4O3.C11H14N4O.C11H16N2OS.C10H14N2OS.C10H12N2O.C7H5ClN2.C6H9IO2.C3H8O.C2H5NO.Na.H/c1-11(2)23-15-9-14(8-13(5)19-15)17-18-10-21(20-17)7-6-16(22)24-12(3)4;1-7(2)16-10-5-9(4-8(3)14-10)11-12-6-13-15-11;1-7(2)14-10-6-9(11(12)15-4)5-8(3)13-10;1-6(2)13-9-5-8(10(11)14)4-7(3)12-9;1-7(2)13-10-5-9(6-11)4-8(3)12-10;1-5-2-6(4-9)3-7(8)10-5;1-5(2)9-6(8)3-4-7;1-3(2)4;3-1-2-4;;/h6-12H,1-5H3;4-7H,1-3H3,(H,12,13,15);5-7,12H,1-4H3;4-6H,1-3H3,(H2,11,14);4-5,7H,1-3H3;2-3H,1H3;3-5H,1-2H3;3-4H,1-2H3;2H,1,3H2;;/q;;;;;;;;;+1;-1/b7-6-;;;;;;4-3-;;;;. The number of aromatic nitrogens is 12. The van der Waals surface area contributed by atoms with Crippen LogP contribution in [0.25, 0.3) is 29.0 Å². The van der Waals surface area contributed by atoms with Gasteiger partial charge in [-0.05, 0) is 205 Å². The fourth-order valence-corrected chi connectivity index (χ4v) is 8.69. The molecule has 0 bridgehead atoms. The summed E-state index contributed by atoms with van der Waals surface area (Å²) in [6.07, 6.45) is 9.83. The fraction of sp³-hybridized carbons (Fsp3) is 0.416. The van der Waals surface area contributed by atoms with Gasteiger partial charge in [0.2, 0.25) is 29.4 Å². The smallest absolute Gasteiger partial charge is 1.00 e. The Morgan fingerprint density at radius 2 is 0.982 bits per heavy atom. The zero-order valence-corrected chi connectivity index (χ0v) is 73.9. The molecule has 28 nitrogen and oxygen atoms in total. The largest absolute Gasteiger partial charge is 1.00 e. The molecule has 33 heteroatoms. The zero-order valence-electron chi connectivity index (χ0n) is 68.4. The van der Waals surface area contributed by atoms with Crippen LogP contribution in [0, 0.1) is 69.6 Å². The summed E-state index contributed by atoms with van der Waals surface area (Å²) >= 11 is 13.8. The summed E-state index contributed by atoms with van der Waals surface area (Å²) in [6, 6.07) is 25.4. The van der Waals surface area contributed by atoms with Crippen molar-refractivity contribution in [1.82, 2.24) is 59.8 Å². The second-order valence-corrected chi connectivity index (χ2v) is 27.3. The minimum absolute atomic E-state index is 0. The third-order valence-corrected chi connectivity index (χ3v) is 12.6. The molecule has 0 saturated heterocycles. The first kappa shape index (κ1) is 103. The number of nitrogens with one attached hydrogen (secondary N) is 2. The van der Waals surface area contributed by atoms with Crippen LogP contribution in [-0.4, -0.2) is 155 Å². The number of pyridine rings is 6. The summed E-state index contributed by atoms with van der Waals surface area (Å²) in [5, 5.41) is 44.8. The molecule has 0 aliphatic heterocycles. The number of nitrogens with two attached hydrogens (primary N) is 2. The average Bonchev–Trinajstić information content (AvgIpc) is 1.72. The second kappa shape index (κ2) is 57.2. The van der Waals surface area contributed by atoms with E-state index in [2.05, 4.69) is 67.0 Å². The number of aliphatic hydroxyl groups is 1. The van der Waals surface area contributed by atoms with Gasteiger partial charge >= 0.3 is 41.5 Å². The van der Waals surface area contributed by atoms with Gasteiger partial charge < -0.3 is 56.0 Å². The zero-order chi connectivity index (χ0) is 83.0. The molecule has 7 N–H and O–H groups in total. The number of ether oxygens (including phenoxy) is 7. The second-order valence-electron chi connectivity index (χ2n) is 24.9. The van der Waals surface area contributed by atoms with Crippen molar-refractivity contribution in [2.75, 3.05) is 12.8 Å². The molecule has 8 rings (SSSR count). The number of aromatic amines is 1. The van der Waals surface area contributed by atoms with Crippen molar-refractivity contribution in [3.63, 3.8) is 0 Å². The van der Waals surface area contributed by atoms with Crippen molar-refractivity contribution < 1.29 is 83.6 Å². The molecule has 110 heavy (non-hydrogen) atoms. The molecular weight excluding hydrogens is 1590 g/mol. The third-order valence-electron chi connectivity index (χ3n) is 11.2. The normalized spacial score (nSPS) is 10.2. The number of nitrogens with zero attached hydrogens (tertiary/aromatic N) is 13. The summed E-state index contributed by atoms with van der Waals surface area (Å²) in [6.45, 7) is 41.5. The Morgan fingerprint density at radius 3 is 1.36 bits per heavy atom. The number of carbonyl (C=O) groups excluding carboxylic acids is 3. The molecule has 8 heterocycles. The van der Waals surface area contributed by atoms with Crippen LogP contribution >= 0.6 is 58.2 Å². The number of aldehydes is 1. The topological polar surface area (TPSA) is 409 Å². The van der Waals surface area contributed by atoms with Gasteiger partial charge in [0.1, 0.15) is 29.1 Å². The number of carbonyl (C=O) groups is 3. The molecule has 8 aromatic rings. The Morgan fingerprint density at radius 1 is 0.609 bits per heavy atom. The van der Waals surface area contributed by atoms with E-state index in [1.54, 1.807) is 69.0 Å². The van der Waals surface area contributed by atoms with Crippen LogP contribution in [0.3, 0.4) is 0 Å². The van der Waals surface area contributed by atoms with Gasteiger partial charge in [0.05, 0.1) is 71.0 Å². The van der Waals surface area contributed by atoms with Crippen LogP contribution in [0.4, 0.5) is 0 Å². The number of esters is 2. The maximum atomic E-state index is 11.5. The van der Waals surface area contributed by atoms with Gasteiger partial charge in [-0.15, -0.1) is 16.9 Å². The van der Waals surface area contributed by atoms with Gasteiger partial charge in [0.25, 0.3) is 0 Å². The van der Waals surface area contributed by atoms with E-state index in [-0.39, 0.29) is 92.3 Å². The molecule has 0 amide bonds. The van der Waals surface area contributed by atoms with Crippen LogP contribution in [0.2, 0.25) is 5.15 Å². The van der Waals surface area contributed by atoms with E-state index < -0.39 is 5.97 Å². The first-order valence-corrected chi connectivity index (χ1v) is 37.5. The maximum absolute atomic E-state index is 11.5. The number of thioether (sulfide) groups is 1.